The van der Waals surface area contributed by atoms with E-state index in [2.05, 4.69) is 10.5 Å². The highest BCUT2D eigenvalue weighted by Gasteiger charge is 2.10. The van der Waals surface area contributed by atoms with Gasteiger partial charge in [0.25, 0.3) is 0 Å². The van der Waals surface area contributed by atoms with Crippen LogP contribution in [-0.4, -0.2) is 23.6 Å². The van der Waals surface area contributed by atoms with Crippen molar-refractivity contribution in [1.29, 1.82) is 0 Å². The van der Waals surface area contributed by atoms with E-state index in [1.54, 1.807) is 11.3 Å². The van der Waals surface area contributed by atoms with Crippen LogP contribution >= 0.6 is 22.9 Å². The number of halogens is 1. The minimum Gasteiger partial charge on any atom is -0.409 e. The number of thiophene rings is 1. The van der Waals surface area contributed by atoms with Crippen LogP contribution in [0, 0.1) is 0 Å². The normalized spacial score (nSPS) is 14.0. The molecule has 0 aliphatic carbocycles. The number of amidine groups is 1. The Hall–Kier alpha value is -0.780. The van der Waals surface area contributed by atoms with Gasteiger partial charge in [0.2, 0.25) is 0 Å². The van der Waals surface area contributed by atoms with E-state index < -0.39 is 0 Å². The van der Waals surface area contributed by atoms with E-state index in [9.17, 15) is 0 Å². The molecule has 0 fully saturated rings. The SMILES string of the molecule is CCC(NCCc1ccc(Cl)s1)/C(N)=N/O. The van der Waals surface area contributed by atoms with Crippen LogP contribution < -0.4 is 11.1 Å². The van der Waals surface area contributed by atoms with Gasteiger partial charge in [0.1, 0.15) is 0 Å². The van der Waals surface area contributed by atoms with E-state index in [4.69, 9.17) is 22.5 Å². The lowest BCUT2D eigenvalue weighted by atomic mass is 10.2. The summed E-state index contributed by atoms with van der Waals surface area (Å²) < 4.78 is 0.804. The molecular formula is C10H16ClN3OS. The Morgan fingerprint density at radius 3 is 2.94 bits per heavy atom. The van der Waals surface area contributed by atoms with E-state index >= 15 is 0 Å². The summed E-state index contributed by atoms with van der Waals surface area (Å²) in [4.78, 5) is 1.23. The number of nitrogens with one attached hydrogen (secondary N) is 1. The summed E-state index contributed by atoms with van der Waals surface area (Å²) in [6, 6.07) is 3.84. The smallest absolute Gasteiger partial charge is 0.156 e. The van der Waals surface area contributed by atoms with E-state index in [0.29, 0.717) is 0 Å². The second-order valence-electron chi connectivity index (χ2n) is 3.40. The number of rotatable bonds is 6. The highest BCUT2D eigenvalue weighted by Crippen LogP contribution is 2.21. The summed E-state index contributed by atoms with van der Waals surface area (Å²) in [7, 11) is 0. The first-order valence-corrected chi connectivity index (χ1v) is 6.31. The van der Waals surface area contributed by atoms with Crippen molar-refractivity contribution in [3.63, 3.8) is 0 Å². The molecule has 4 nitrogen and oxygen atoms in total. The average Bonchev–Trinajstić information content (AvgIpc) is 2.69. The third-order valence-corrected chi connectivity index (χ3v) is 3.56. The van der Waals surface area contributed by atoms with Crippen molar-refractivity contribution < 1.29 is 5.21 Å². The van der Waals surface area contributed by atoms with Gasteiger partial charge in [0, 0.05) is 11.4 Å². The van der Waals surface area contributed by atoms with Crippen LogP contribution in [0.15, 0.2) is 17.3 Å². The molecule has 0 radical (unpaired) electrons. The second kappa shape index (κ2) is 6.73. The molecule has 0 bridgehead atoms. The maximum Gasteiger partial charge on any atom is 0.156 e. The van der Waals surface area contributed by atoms with Crippen LogP contribution in [0.4, 0.5) is 0 Å². The van der Waals surface area contributed by atoms with Gasteiger partial charge in [-0.05, 0) is 25.0 Å². The topological polar surface area (TPSA) is 70.6 Å². The van der Waals surface area contributed by atoms with Gasteiger partial charge < -0.3 is 16.3 Å². The molecule has 16 heavy (non-hydrogen) atoms. The van der Waals surface area contributed by atoms with Crippen molar-refractivity contribution in [3.05, 3.63) is 21.3 Å². The monoisotopic (exact) mass is 261 g/mol. The van der Waals surface area contributed by atoms with Crippen LogP contribution in [-0.2, 0) is 6.42 Å². The summed E-state index contributed by atoms with van der Waals surface area (Å²) >= 11 is 7.40. The van der Waals surface area contributed by atoms with E-state index in [1.165, 1.54) is 4.88 Å². The molecule has 1 atom stereocenters. The standard InChI is InChI=1S/C10H16ClN3OS/c1-2-8(10(12)14-15)13-6-5-7-3-4-9(11)16-7/h3-4,8,13,15H,2,5-6H2,1H3,(H2,12,14). The second-order valence-corrected chi connectivity index (χ2v) is 5.20. The maximum absolute atomic E-state index is 8.56. The summed E-state index contributed by atoms with van der Waals surface area (Å²) in [5.41, 5.74) is 5.53. The van der Waals surface area contributed by atoms with E-state index in [1.807, 2.05) is 19.1 Å². The van der Waals surface area contributed by atoms with Gasteiger partial charge >= 0.3 is 0 Å². The number of hydrogen-bond donors (Lipinski definition) is 3. The average molecular weight is 262 g/mol. The summed E-state index contributed by atoms with van der Waals surface area (Å²) in [6.45, 7) is 2.77. The molecule has 6 heteroatoms. The largest absolute Gasteiger partial charge is 0.409 e. The lowest BCUT2D eigenvalue weighted by Crippen LogP contribution is -2.41. The van der Waals surface area contributed by atoms with Crippen LogP contribution in [0.2, 0.25) is 4.34 Å². The van der Waals surface area contributed by atoms with Crippen molar-refractivity contribution >= 4 is 28.8 Å². The first kappa shape index (κ1) is 13.3. The molecule has 1 aromatic rings. The molecule has 0 saturated heterocycles. The predicted molar refractivity (Wildman–Crippen MR) is 68.5 cm³/mol. The van der Waals surface area contributed by atoms with Gasteiger partial charge in [0.05, 0.1) is 10.4 Å². The zero-order chi connectivity index (χ0) is 12.0. The lowest BCUT2D eigenvalue weighted by Gasteiger charge is -2.14. The molecule has 1 heterocycles. The Bertz CT molecular complexity index is 354. The van der Waals surface area contributed by atoms with Crippen LogP contribution in [0.5, 0.6) is 0 Å². The Labute approximate surface area is 104 Å². The van der Waals surface area contributed by atoms with Gasteiger partial charge in [-0.2, -0.15) is 0 Å². The van der Waals surface area contributed by atoms with Crippen LogP contribution in [0.3, 0.4) is 0 Å². The van der Waals surface area contributed by atoms with E-state index in [-0.39, 0.29) is 11.9 Å². The molecule has 0 aromatic carbocycles. The minimum absolute atomic E-state index is 0.0690. The van der Waals surface area contributed by atoms with Gasteiger partial charge in [-0.25, -0.2) is 0 Å². The number of nitrogens with zero attached hydrogens (tertiary/aromatic N) is 1. The molecule has 1 rings (SSSR count). The molecule has 0 amide bonds. The first-order valence-electron chi connectivity index (χ1n) is 5.12. The van der Waals surface area contributed by atoms with Gasteiger partial charge in [-0.15, -0.1) is 11.3 Å². The fourth-order valence-corrected chi connectivity index (χ4v) is 2.47. The fourth-order valence-electron chi connectivity index (χ4n) is 1.38. The quantitative estimate of drug-likeness (QED) is 0.318. The number of nitrogens with two attached hydrogens (primary N) is 1. The predicted octanol–water partition coefficient (Wildman–Crippen LogP) is 2.06. The van der Waals surface area contributed by atoms with Crippen molar-refractivity contribution in [3.8, 4) is 0 Å². The molecule has 90 valence electrons. The number of oxime groups is 1. The van der Waals surface area contributed by atoms with Crippen molar-refractivity contribution in [1.82, 2.24) is 5.32 Å². The van der Waals surface area contributed by atoms with Crippen LogP contribution in [0.25, 0.3) is 0 Å². The van der Waals surface area contributed by atoms with Crippen molar-refractivity contribution in [2.45, 2.75) is 25.8 Å². The Morgan fingerprint density at radius 1 is 1.69 bits per heavy atom. The number of hydrogen-bond acceptors (Lipinski definition) is 4. The molecule has 0 spiro atoms. The van der Waals surface area contributed by atoms with Crippen molar-refractivity contribution in [2.75, 3.05) is 6.54 Å². The molecular weight excluding hydrogens is 246 g/mol. The zero-order valence-electron chi connectivity index (χ0n) is 9.11. The lowest BCUT2D eigenvalue weighted by molar-refractivity contribution is 0.314. The summed E-state index contributed by atoms with van der Waals surface area (Å²) in [5, 5.41) is 14.8. The Kier molecular flexibility index (Phi) is 5.59. The highest BCUT2D eigenvalue weighted by molar-refractivity contribution is 7.16. The third kappa shape index (κ3) is 4.00. The molecule has 1 aromatic heterocycles. The minimum atomic E-state index is -0.0690. The Morgan fingerprint density at radius 2 is 2.44 bits per heavy atom. The first-order chi connectivity index (χ1) is 7.67. The van der Waals surface area contributed by atoms with Gasteiger partial charge in [-0.1, -0.05) is 23.7 Å². The molecule has 0 aliphatic heterocycles. The van der Waals surface area contributed by atoms with E-state index in [0.717, 1.165) is 23.7 Å². The van der Waals surface area contributed by atoms with Gasteiger partial charge in [-0.3, -0.25) is 0 Å². The summed E-state index contributed by atoms with van der Waals surface area (Å²) in [5.74, 6) is 0.228. The third-order valence-electron chi connectivity index (χ3n) is 2.27. The molecule has 4 N–H and O–H groups in total. The fraction of sp³-hybridized carbons (Fsp3) is 0.500. The Balaban J connectivity index is 2.34. The van der Waals surface area contributed by atoms with Crippen molar-refractivity contribution in [2.24, 2.45) is 10.9 Å². The zero-order valence-corrected chi connectivity index (χ0v) is 10.7. The van der Waals surface area contributed by atoms with Gasteiger partial charge in [0.15, 0.2) is 5.84 Å². The van der Waals surface area contributed by atoms with Crippen LogP contribution in [0.1, 0.15) is 18.2 Å². The highest BCUT2D eigenvalue weighted by atomic mass is 35.5. The molecule has 0 saturated carbocycles. The summed E-state index contributed by atoms with van der Waals surface area (Å²) in [6.07, 6.45) is 1.69. The maximum atomic E-state index is 8.56. The molecule has 0 aliphatic rings. The molecule has 1 unspecified atom stereocenters.